The highest BCUT2D eigenvalue weighted by Crippen LogP contribution is 2.41. The van der Waals surface area contributed by atoms with Gasteiger partial charge in [-0.3, -0.25) is 0 Å². The van der Waals surface area contributed by atoms with Crippen molar-refractivity contribution in [3.63, 3.8) is 0 Å². The zero-order chi connectivity index (χ0) is 41.9. The Morgan fingerprint density at radius 1 is 0.571 bits per heavy atom. The first-order valence-corrected chi connectivity index (χ1v) is 21.8. The molecule has 298 valence electrons. The van der Waals surface area contributed by atoms with Crippen molar-refractivity contribution in [1.29, 1.82) is 0 Å². The molecule has 0 radical (unpaired) electrons. The predicted molar refractivity (Wildman–Crippen MR) is 268 cm³/mol. The fraction of sp³-hybridized carbons (Fsp3) is 0.0333. The van der Waals surface area contributed by atoms with Gasteiger partial charge in [0.15, 0.2) is 0 Å². The third-order valence-electron chi connectivity index (χ3n) is 13.0. The quantitative estimate of drug-likeness (QED) is 0.132. The van der Waals surface area contributed by atoms with Gasteiger partial charge in [-0.15, -0.1) is 0 Å². The maximum atomic E-state index is 4.36. The fourth-order valence-corrected chi connectivity index (χ4v) is 10.1. The molecule has 3 heteroatoms. The molecule has 0 aliphatic heterocycles. The second-order valence-electron chi connectivity index (χ2n) is 16.5. The van der Waals surface area contributed by atoms with Crippen molar-refractivity contribution in [2.24, 2.45) is 0 Å². The Kier molecular flexibility index (Phi) is 8.79. The number of allylic oxidation sites excluding steroid dienone is 6. The molecular weight excluding hydrogens is 763 g/mol. The number of para-hydroxylation sites is 4. The van der Waals surface area contributed by atoms with Gasteiger partial charge in [0, 0.05) is 61.0 Å². The zero-order valence-corrected chi connectivity index (χ0v) is 34.8. The molecular formula is C60H43N3. The second-order valence-corrected chi connectivity index (χ2v) is 16.5. The topological polar surface area (TPSA) is 12.6 Å². The van der Waals surface area contributed by atoms with Crippen LogP contribution in [0, 0.1) is 0 Å². The van der Waals surface area contributed by atoms with E-state index in [-0.39, 0.29) is 5.92 Å². The molecule has 0 saturated carbocycles. The third-order valence-corrected chi connectivity index (χ3v) is 13.0. The Morgan fingerprint density at radius 3 is 2.00 bits per heavy atom. The number of hydrogen-bond acceptors (Lipinski definition) is 1. The normalized spacial score (nSPS) is 14.6. The van der Waals surface area contributed by atoms with Crippen LogP contribution >= 0.6 is 0 Å². The lowest BCUT2D eigenvalue weighted by Crippen LogP contribution is -2.21. The predicted octanol–water partition coefficient (Wildman–Crippen LogP) is 15.8. The van der Waals surface area contributed by atoms with E-state index in [1.165, 1.54) is 82.2 Å². The van der Waals surface area contributed by atoms with Crippen LogP contribution in [0.3, 0.4) is 0 Å². The van der Waals surface area contributed by atoms with Crippen LogP contribution in [0.25, 0.3) is 82.8 Å². The van der Waals surface area contributed by atoms with E-state index in [0.717, 1.165) is 29.2 Å². The number of fused-ring (bicyclic) bond motifs is 9. The van der Waals surface area contributed by atoms with Crippen molar-refractivity contribution < 1.29 is 0 Å². The summed E-state index contributed by atoms with van der Waals surface area (Å²) in [5.74, 6) is 0.256. The summed E-state index contributed by atoms with van der Waals surface area (Å²) in [6, 6.07) is 68.0. The molecule has 0 fully saturated rings. The fourth-order valence-electron chi connectivity index (χ4n) is 10.1. The molecule has 3 nitrogen and oxygen atoms in total. The molecule has 12 rings (SSSR count). The van der Waals surface area contributed by atoms with Gasteiger partial charge < -0.3 is 13.9 Å². The summed E-state index contributed by atoms with van der Waals surface area (Å²) in [6.07, 6.45) is 16.5. The average Bonchev–Trinajstić information content (AvgIpc) is 4.00. The summed E-state index contributed by atoms with van der Waals surface area (Å²) in [5.41, 5.74) is 15.5. The van der Waals surface area contributed by atoms with Gasteiger partial charge in [-0.2, -0.15) is 0 Å². The molecule has 0 amide bonds. The van der Waals surface area contributed by atoms with Crippen molar-refractivity contribution in [3.8, 4) is 16.8 Å². The minimum Gasteiger partial charge on any atom is -0.311 e. The highest BCUT2D eigenvalue weighted by Gasteiger charge is 2.22. The van der Waals surface area contributed by atoms with Crippen molar-refractivity contribution in [3.05, 3.63) is 254 Å². The maximum absolute atomic E-state index is 4.36. The Balaban J connectivity index is 0.910. The van der Waals surface area contributed by atoms with Crippen LogP contribution in [0.2, 0.25) is 0 Å². The first-order chi connectivity index (χ1) is 31.2. The van der Waals surface area contributed by atoms with Crippen molar-refractivity contribution in [1.82, 2.24) is 8.97 Å². The molecule has 63 heavy (non-hydrogen) atoms. The average molecular weight is 806 g/mol. The summed E-state index contributed by atoms with van der Waals surface area (Å²) in [7, 11) is 0. The van der Waals surface area contributed by atoms with Gasteiger partial charge in [-0.1, -0.05) is 164 Å². The van der Waals surface area contributed by atoms with Gasteiger partial charge in [-0.25, -0.2) is 0 Å². The standard InChI is InChI=1S/C60H43N3/c1-2-46(22-13-18-44-19-14-29-58-59(44)53-24-10-12-28-56(53)62(58)47-20-7-4-8-21-47)61(48-35-30-42(31-36-48)41-16-5-3-6-17-41)49-37-32-43(33-38-49)45-34-39-57-54(40-45)52-26-15-25-51-50-23-9-11-27-55(50)63(57)60(51)52/h2-32,34-40,43H,1,33H2/b18-13+,46-22+. The lowest BCUT2D eigenvalue weighted by Gasteiger charge is -2.30. The van der Waals surface area contributed by atoms with Crippen LogP contribution in [0.5, 0.6) is 0 Å². The smallest absolute Gasteiger partial charge is 0.0620 e. The first-order valence-electron chi connectivity index (χ1n) is 21.8. The number of rotatable bonds is 9. The minimum atomic E-state index is 0.256. The van der Waals surface area contributed by atoms with Crippen LogP contribution in [0.1, 0.15) is 23.5 Å². The Morgan fingerprint density at radius 2 is 1.22 bits per heavy atom. The summed E-state index contributed by atoms with van der Waals surface area (Å²) in [6.45, 7) is 4.36. The molecule has 0 N–H and O–H groups in total. The van der Waals surface area contributed by atoms with Crippen LogP contribution < -0.4 is 4.90 Å². The van der Waals surface area contributed by atoms with Gasteiger partial charge in [0.1, 0.15) is 0 Å². The molecule has 0 saturated heterocycles. The summed E-state index contributed by atoms with van der Waals surface area (Å²) < 4.78 is 4.82. The molecule has 3 aromatic heterocycles. The lowest BCUT2D eigenvalue weighted by atomic mass is 9.90. The van der Waals surface area contributed by atoms with E-state index < -0.39 is 0 Å². The van der Waals surface area contributed by atoms with Gasteiger partial charge in [0.25, 0.3) is 0 Å². The first kappa shape index (κ1) is 36.7. The molecule has 1 aliphatic rings. The molecule has 0 bridgehead atoms. The van der Waals surface area contributed by atoms with Crippen LogP contribution in [-0.4, -0.2) is 8.97 Å². The molecule has 1 unspecified atom stereocenters. The molecule has 0 spiro atoms. The number of benzene rings is 8. The molecule has 1 atom stereocenters. The Hall–Kier alpha value is -8.14. The number of aromatic nitrogens is 2. The second kappa shape index (κ2) is 15.1. The minimum absolute atomic E-state index is 0.256. The van der Waals surface area contributed by atoms with Crippen LogP contribution in [0.4, 0.5) is 5.69 Å². The summed E-state index contributed by atoms with van der Waals surface area (Å²) in [4.78, 5) is 2.34. The number of nitrogens with zero attached hydrogens (tertiary/aromatic N) is 3. The van der Waals surface area contributed by atoms with Crippen LogP contribution in [-0.2, 0) is 0 Å². The van der Waals surface area contributed by atoms with Crippen molar-refractivity contribution in [2.45, 2.75) is 12.3 Å². The van der Waals surface area contributed by atoms with Crippen molar-refractivity contribution >= 4 is 71.7 Å². The van der Waals surface area contributed by atoms with E-state index in [2.05, 4.69) is 245 Å². The van der Waals surface area contributed by atoms with Gasteiger partial charge in [0.2, 0.25) is 0 Å². The molecule has 11 aromatic rings. The Bertz CT molecular complexity index is 3650. The molecule has 1 aliphatic carbocycles. The highest BCUT2D eigenvalue weighted by molar-refractivity contribution is 6.23. The van der Waals surface area contributed by atoms with Crippen molar-refractivity contribution in [2.75, 3.05) is 4.90 Å². The van der Waals surface area contributed by atoms with E-state index in [1.807, 2.05) is 6.08 Å². The van der Waals surface area contributed by atoms with Crippen LogP contribution in [0.15, 0.2) is 242 Å². The largest absolute Gasteiger partial charge is 0.311 e. The maximum Gasteiger partial charge on any atom is 0.0620 e. The van der Waals surface area contributed by atoms with E-state index in [9.17, 15) is 0 Å². The lowest BCUT2D eigenvalue weighted by molar-refractivity contribution is 0.839. The third kappa shape index (κ3) is 6.04. The Labute approximate surface area is 366 Å². The van der Waals surface area contributed by atoms with E-state index in [4.69, 9.17) is 0 Å². The monoisotopic (exact) mass is 805 g/mol. The van der Waals surface area contributed by atoms with Gasteiger partial charge >= 0.3 is 0 Å². The molecule has 3 heterocycles. The number of hydrogen-bond donors (Lipinski definition) is 0. The summed E-state index contributed by atoms with van der Waals surface area (Å²) >= 11 is 0. The van der Waals surface area contributed by atoms with Gasteiger partial charge in [-0.05, 0) is 101 Å². The van der Waals surface area contributed by atoms with E-state index in [1.54, 1.807) is 0 Å². The zero-order valence-electron chi connectivity index (χ0n) is 34.8. The summed E-state index contributed by atoms with van der Waals surface area (Å²) in [5, 5.41) is 7.73. The SMILES string of the molecule is C=C/C(=C\C=C\c1cccc2c1c1ccccc1n2-c1ccccc1)N(C1=CCC(c2ccc3c(c2)c2cccc4c5ccccc5n3c42)C=C1)c1ccc(-c2ccccc2)cc1. The molecule has 8 aromatic carbocycles. The number of anilines is 1. The van der Waals surface area contributed by atoms with E-state index in [0.29, 0.717) is 0 Å². The highest BCUT2D eigenvalue weighted by atomic mass is 15.2. The van der Waals surface area contributed by atoms with Gasteiger partial charge in [0.05, 0.1) is 27.6 Å². The van der Waals surface area contributed by atoms with E-state index >= 15 is 0 Å².